The summed E-state index contributed by atoms with van der Waals surface area (Å²) >= 11 is 0. The quantitative estimate of drug-likeness (QED) is 0.617. The highest BCUT2D eigenvalue weighted by Gasteiger charge is 2.04. The summed E-state index contributed by atoms with van der Waals surface area (Å²) in [6.45, 7) is 2.03. The summed E-state index contributed by atoms with van der Waals surface area (Å²) < 4.78 is 1.93. The number of aromatic nitrogens is 2. The van der Waals surface area contributed by atoms with E-state index in [9.17, 15) is 4.79 Å². The zero-order valence-corrected chi connectivity index (χ0v) is 7.61. The molecule has 0 bridgehead atoms. The van der Waals surface area contributed by atoms with Crippen LogP contribution in [-0.4, -0.2) is 15.8 Å². The first-order valence-corrected chi connectivity index (χ1v) is 4.10. The standard InChI is InChI=1S/C10H10N2O/c1-7-5-12(2)10-9(7)4-3-8(6-13)11-10/h3-6H,1-2H3. The third-order valence-electron chi connectivity index (χ3n) is 2.16. The zero-order chi connectivity index (χ0) is 9.42. The molecule has 0 atom stereocenters. The van der Waals surface area contributed by atoms with Crippen LogP contribution in [0.4, 0.5) is 0 Å². The van der Waals surface area contributed by atoms with Crippen molar-refractivity contribution < 1.29 is 4.79 Å². The topological polar surface area (TPSA) is 34.9 Å². The van der Waals surface area contributed by atoms with Crippen LogP contribution in [0.25, 0.3) is 11.0 Å². The van der Waals surface area contributed by atoms with Gasteiger partial charge in [0.15, 0.2) is 6.29 Å². The molecule has 3 nitrogen and oxygen atoms in total. The maximum Gasteiger partial charge on any atom is 0.168 e. The summed E-state index contributed by atoms with van der Waals surface area (Å²) in [6, 6.07) is 3.67. The summed E-state index contributed by atoms with van der Waals surface area (Å²) in [4.78, 5) is 14.7. The molecule has 66 valence electrons. The lowest BCUT2D eigenvalue weighted by atomic mass is 10.2. The molecular weight excluding hydrogens is 164 g/mol. The highest BCUT2D eigenvalue weighted by Crippen LogP contribution is 2.17. The van der Waals surface area contributed by atoms with Crippen molar-refractivity contribution >= 4 is 17.3 Å². The predicted octanol–water partition coefficient (Wildman–Crippen LogP) is 1.69. The van der Waals surface area contributed by atoms with Crippen molar-refractivity contribution in [3.63, 3.8) is 0 Å². The zero-order valence-electron chi connectivity index (χ0n) is 7.61. The molecule has 0 aliphatic rings. The third kappa shape index (κ3) is 1.13. The Morgan fingerprint density at radius 2 is 2.23 bits per heavy atom. The number of carbonyl (C=O) groups is 1. The van der Waals surface area contributed by atoms with E-state index in [1.807, 2.05) is 30.8 Å². The molecule has 3 heteroatoms. The van der Waals surface area contributed by atoms with Gasteiger partial charge < -0.3 is 4.57 Å². The smallest absolute Gasteiger partial charge is 0.168 e. The number of pyridine rings is 1. The van der Waals surface area contributed by atoms with Gasteiger partial charge in [-0.15, -0.1) is 0 Å². The fraction of sp³-hybridized carbons (Fsp3) is 0.200. The maximum atomic E-state index is 10.5. The van der Waals surface area contributed by atoms with Crippen LogP contribution in [-0.2, 0) is 7.05 Å². The Morgan fingerprint density at radius 1 is 1.46 bits per heavy atom. The van der Waals surface area contributed by atoms with Crippen molar-refractivity contribution in [2.45, 2.75) is 6.92 Å². The van der Waals surface area contributed by atoms with Gasteiger partial charge >= 0.3 is 0 Å². The van der Waals surface area contributed by atoms with Crippen molar-refractivity contribution in [2.24, 2.45) is 7.05 Å². The minimum absolute atomic E-state index is 0.480. The van der Waals surface area contributed by atoms with Gasteiger partial charge in [0.05, 0.1) is 0 Å². The molecule has 2 rings (SSSR count). The predicted molar refractivity (Wildman–Crippen MR) is 50.8 cm³/mol. The highest BCUT2D eigenvalue weighted by molar-refractivity contribution is 5.84. The van der Waals surface area contributed by atoms with Gasteiger partial charge in [0.1, 0.15) is 11.3 Å². The molecule has 0 N–H and O–H groups in total. The van der Waals surface area contributed by atoms with Gasteiger partial charge in [-0.2, -0.15) is 0 Å². The first kappa shape index (κ1) is 7.98. The number of aryl methyl sites for hydroxylation is 2. The average Bonchev–Trinajstić information content (AvgIpc) is 2.42. The van der Waals surface area contributed by atoms with Crippen LogP contribution < -0.4 is 0 Å². The van der Waals surface area contributed by atoms with Gasteiger partial charge in [-0.3, -0.25) is 4.79 Å². The number of hydrogen-bond donors (Lipinski definition) is 0. The molecule has 0 unspecified atom stereocenters. The van der Waals surface area contributed by atoms with Gasteiger partial charge in [-0.05, 0) is 24.6 Å². The lowest BCUT2D eigenvalue weighted by Gasteiger charge is -1.95. The molecule has 0 aliphatic heterocycles. The summed E-state index contributed by atoms with van der Waals surface area (Å²) in [7, 11) is 1.93. The molecule has 0 amide bonds. The van der Waals surface area contributed by atoms with E-state index in [1.165, 1.54) is 5.56 Å². The Labute approximate surface area is 76.0 Å². The van der Waals surface area contributed by atoms with Crippen molar-refractivity contribution in [1.29, 1.82) is 0 Å². The van der Waals surface area contributed by atoms with Gasteiger partial charge in [0.25, 0.3) is 0 Å². The summed E-state index contributed by atoms with van der Waals surface area (Å²) in [5.41, 5.74) is 2.53. The lowest BCUT2D eigenvalue weighted by molar-refractivity contribution is 0.111. The minimum atomic E-state index is 0.480. The molecule has 13 heavy (non-hydrogen) atoms. The van der Waals surface area contributed by atoms with E-state index in [0.29, 0.717) is 5.69 Å². The van der Waals surface area contributed by atoms with E-state index >= 15 is 0 Å². The van der Waals surface area contributed by atoms with Gasteiger partial charge in [-0.25, -0.2) is 4.98 Å². The van der Waals surface area contributed by atoms with E-state index in [0.717, 1.165) is 17.3 Å². The van der Waals surface area contributed by atoms with Crippen LogP contribution in [0.5, 0.6) is 0 Å². The fourth-order valence-corrected chi connectivity index (χ4v) is 1.53. The van der Waals surface area contributed by atoms with Crippen molar-refractivity contribution in [3.8, 4) is 0 Å². The van der Waals surface area contributed by atoms with Gasteiger partial charge in [0, 0.05) is 18.6 Å². The first-order valence-electron chi connectivity index (χ1n) is 4.10. The maximum absolute atomic E-state index is 10.5. The molecular formula is C10H10N2O. The Bertz CT molecular complexity index is 471. The summed E-state index contributed by atoms with van der Waals surface area (Å²) in [5, 5.41) is 1.10. The Hall–Kier alpha value is -1.64. The van der Waals surface area contributed by atoms with Gasteiger partial charge in [0.2, 0.25) is 0 Å². The number of hydrogen-bond acceptors (Lipinski definition) is 2. The number of nitrogens with zero attached hydrogens (tertiary/aromatic N) is 2. The molecule has 2 heterocycles. The molecule has 0 radical (unpaired) electrons. The second kappa shape index (κ2) is 2.69. The number of aldehydes is 1. The van der Waals surface area contributed by atoms with Crippen LogP contribution in [0.15, 0.2) is 18.3 Å². The molecule has 0 fully saturated rings. The van der Waals surface area contributed by atoms with E-state index < -0.39 is 0 Å². The normalized spacial score (nSPS) is 10.6. The Balaban J connectivity index is 2.83. The fourth-order valence-electron chi connectivity index (χ4n) is 1.53. The monoisotopic (exact) mass is 174 g/mol. The lowest BCUT2D eigenvalue weighted by Crippen LogP contribution is -1.91. The van der Waals surface area contributed by atoms with Crippen LogP contribution in [0.1, 0.15) is 16.1 Å². The number of carbonyl (C=O) groups excluding carboxylic acids is 1. The van der Waals surface area contributed by atoms with Crippen LogP contribution >= 0.6 is 0 Å². The van der Waals surface area contributed by atoms with Crippen LogP contribution in [0.2, 0.25) is 0 Å². The third-order valence-corrected chi connectivity index (χ3v) is 2.16. The van der Waals surface area contributed by atoms with E-state index in [4.69, 9.17) is 0 Å². The van der Waals surface area contributed by atoms with E-state index in [1.54, 1.807) is 6.07 Å². The van der Waals surface area contributed by atoms with Crippen LogP contribution in [0, 0.1) is 6.92 Å². The van der Waals surface area contributed by atoms with E-state index in [-0.39, 0.29) is 0 Å². The van der Waals surface area contributed by atoms with Crippen LogP contribution in [0.3, 0.4) is 0 Å². The van der Waals surface area contributed by atoms with E-state index in [2.05, 4.69) is 4.98 Å². The molecule has 2 aromatic heterocycles. The summed E-state index contributed by atoms with van der Waals surface area (Å²) in [5.74, 6) is 0. The van der Waals surface area contributed by atoms with Crippen molar-refractivity contribution in [2.75, 3.05) is 0 Å². The molecule has 2 aromatic rings. The Morgan fingerprint density at radius 3 is 2.92 bits per heavy atom. The highest BCUT2D eigenvalue weighted by atomic mass is 16.1. The summed E-state index contributed by atoms with van der Waals surface area (Å²) in [6.07, 6.45) is 2.77. The Kier molecular flexibility index (Phi) is 1.65. The van der Waals surface area contributed by atoms with Crippen molar-refractivity contribution in [1.82, 2.24) is 9.55 Å². The second-order valence-electron chi connectivity index (χ2n) is 3.15. The molecule has 0 aliphatic carbocycles. The molecule has 0 spiro atoms. The second-order valence-corrected chi connectivity index (χ2v) is 3.15. The SMILES string of the molecule is Cc1cn(C)c2nc(C=O)ccc12. The molecule has 0 aromatic carbocycles. The van der Waals surface area contributed by atoms with Gasteiger partial charge in [-0.1, -0.05) is 0 Å². The largest absolute Gasteiger partial charge is 0.335 e. The number of rotatable bonds is 1. The molecule has 0 saturated carbocycles. The number of fused-ring (bicyclic) bond motifs is 1. The molecule has 0 saturated heterocycles. The minimum Gasteiger partial charge on any atom is -0.335 e. The average molecular weight is 174 g/mol. The van der Waals surface area contributed by atoms with Crippen molar-refractivity contribution in [3.05, 3.63) is 29.6 Å². The first-order chi connectivity index (χ1) is 6.22.